The van der Waals surface area contributed by atoms with Crippen LogP contribution in [0.5, 0.6) is 0 Å². The van der Waals surface area contributed by atoms with Crippen LogP contribution in [0.25, 0.3) is 0 Å². The summed E-state index contributed by atoms with van der Waals surface area (Å²) in [6.07, 6.45) is 0.0821. The van der Waals surface area contributed by atoms with E-state index in [1.165, 1.54) is 6.92 Å². The van der Waals surface area contributed by atoms with Gasteiger partial charge in [0.2, 0.25) is 5.91 Å². The molecule has 6 heteroatoms. The van der Waals surface area contributed by atoms with E-state index in [0.717, 1.165) is 0 Å². The van der Waals surface area contributed by atoms with Crippen LogP contribution in [0.3, 0.4) is 0 Å². The van der Waals surface area contributed by atoms with Crippen LogP contribution in [0.2, 0.25) is 0 Å². The van der Waals surface area contributed by atoms with Gasteiger partial charge in [0.25, 0.3) is 0 Å². The van der Waals surface area contributed by atoms with Crippen molar-refractivity contribution >= 4 is 11.9 Å². The Morgan fingerprint density at radius 1 is 1.50 bits per heavy atom. The number of aryl methyl sites for hydroxylation is 2. The first-order valence-corrected chi connectivity index (χ1v) is 4.85. The second-order valence-electron chi connectivity index (χ2n) is 3.61. The maximum atomic E-state index is 11.5. The predicted molar refractivity (Wildman–Crippen MR) is 54.9 cm³/mol. The molecule has 1 aromatic heterocycles. The van der Waals surface area contributed by atoms with Crippen LogP contribution < -0.4 is 5.32 Å². The van der Waals surface area contributed by atoms with Crippen molar-refractivity contribution in [2.24, 2.45) is 0 Å². The van der Waals surface area contributed by atoms with Crippen LogP contribution in [-0.4, -0.2) is 28.2 Å². The summed E-state index contributed by atoms with van der Waals surface area (Å²) in [5, 5.41) is 14.7. The van der Waals surface area contributed by atoms with E-state index in [1.807, 2.05) is 0 Å². The lowest BCUT2D eigenvalue weighted by Gasteiger charge is -2.08. The molecule has 6 nitrogen and oxygen atoms in total. The largest absolute Gasteiger partial charge is 0.480 e. The van der Waals surface area contributed by atoms with Crippen LogP contribution >= 0.6 is 0 Å². The van der Waals surface area contributed by atoms with E-state index in [0.29, 0.717) is 17.0 Å². The number of carbonyl (C=O) groups excluding carboxylic acids is 1. The van der Waals surface area contributed by atoms with E-state index in [-0.39, 0.29) is 12.3 Å². The first-order chi connectivity index (χ1) is 7.41. The maximum absolute atomic E-state index is 11.5. The van der Waals surface area contributed by atoms with E-state index < -0.39 is 12.0 Å². The number of hydrogen-bond acceptors (Lipinski definition) is 4. The molecule has 0 saturated carbocycles. The summed E-state index contributed by atoms with van der Waals surface area (Å²) in [6.45, 7) is 4.86. The molecule has 1 atom stereocenters. The molecule has 0 aliphatic carbocycles. The molecule has 0 aliphatic heterocycles. The van der Waals surface area contributed by atoms with Gasteiger partial charge in [-0.3, -0.25) is 9.59 Å². The van der Waals surface area contributed by atoms with Crippen molar-refractivity contribution in [3.05, 3.63) is 17.0 Å². The fourth-order valence-corrected chi connectivity index (χ4v) is 1.27. The number of hydrogen-bond donors (Lipinski definition) is 2. The number of carbonyl (C=O) groups is 2. The average Bonchev–Trinajstić information content (AvgIpc) is 2.49. The monoisotopic (exact) mass is 226 g/mol. The van der Waals surface area contributed by atoms with Crippen molar-refractivity contribution < 1.29 is 19.2 Å². The summed E-state index contributed by atoms with van der Waals surface area (Å²) in [4.78, 5) is 22.0. The molecule has 1 heterocycles. The van der Waals surface area contributed by atoms with Crippen molar-refractivity contribution in [1.82, 2.24) is 10.5 Å². The molecule has 16 heavy (non-hydrogen) atoms. The molecule has 0 fully saturated rings. The summed E-state index contributed by atoms with van der Waals surface area (Å²) < 4.78 is 4.90. The number of nitrogens with one attached hydrogen (secondary N) is 1. The topological polar surface area (TPSA) is 92.4 Å². The van der Waals surface area contributed by atoms with Crippen LogP contribution in [0.4, 0.5) is 0 Å². The lowest BCUT2D eigenvalue weighted by molar-refractivity contribution is -0.141. The number of aliphatic carboxylic acids is 1. The van der Waals surface area contributed by atoms with Gasteiger partial charge in [-0.15, -0.1) is 0 Å². The van der Waals surface area contributed by atoms with Crippen LogP contribution in [0.15, 0.2) is 4.52 Å². The normalized spacial score (nSPS) is 12.2. The summed E-state index contributed by atoms with van der Waals surface area (Å²) >= 11 is 0. The number of rotatable bonds is 4. The highest BCUT2D eigenvalue weighted by molar-refractivity contribution is 5.84. The van der Waals surface area contributed by atoms with Gasteiger partial charge in [0.05, 0.1) is 12.1 Å². The number of carboxylic acid groups (broad SMARTS) is 1. The molecule has 88 valence electrons. The Bertz CT molecular complexity index is 391. The van der Waals surface area contributed by atoms with Gasteiger partial charge in [0.15, 0.2) is 0 Å². The number of carboxylic acids is 1. The maximum Gasteiger partial charge on any atom is 0.325 e. The first kappa shape index (κ1) is 12.2. The van der Waals surface area contributed by atoms with E-state index in [1.54, 1.807) is 13.8 Å². The summed E-state index contributed by atoms with van der Waals surface area (Å²) in [5.41, 5.74) is 1.35. The summed E-state index contributed by atoms with van der Waals surface area (Å²) in [5.74, 6) is -0.841. The highest BCUT2D eigenvalue weighted by atomic mass is 16.5. The molecular weight excluding hydrogens is 212 g/mol. The minimum Gasteiger partial charge on any atom is -0.480 e. The number of amides is 1. The minimum absolute atomic E-state index is 0.0821. The Morgan fingerprint density at radius 2 is 2.12 bits per heavy atom. The highest BCUT2D eigenvalue weighted by Crippen LogP contribution is 2.12. The van der Waals surface area contributed by atoms with Crippen molar-refractivity contribution in [3.8, 4) is 0 Å². The third-order valence-corrected chi connectivity index (χ3v) is 2.27. The molecule has 1 rings (SSSR count). The molecule has 1 aromatic rings. The fraction of sp³-hybridized carbons (Fsp3) is 0.500. The molecule has 0 unspecified atom stereocenters. The van der Waals surface area contributed by atoms with Gasteiger partial charge in [-0.25, -0.2) is 0 Å². The average molecular weight is 226 g/mol. The molecule has 0 saturated heterocycles. The minimum atomic E-state index is -1.06. The third kappa shape index (κ3) is 2.82. The van der Waals surface area contributed by atoms with E-state index in [2.05, 4.69) is 10.5 Å². The molecule has 0 aromatic carbocycles. The van der Waals surface area contributed by atoms with Crippen LogP contribution in [0.1, 0.15) is 23.9 Å². The fourth-order valence-electron chi connectivity index (χ4n) is 1.27. The molecule has 0 radical (unpaired) electrons. The smallest absolute Gasteiger partial charge is 0.325 e. The Morgan fingerprint density at radius 3 is 2.56 bits per heavy atom. The molecule has 0 spiro atoms. The zero-order chi connectivity index (χ0) is 12.3. The van der Waals surface area contributed by atoms with Gasteiger partial charge in [-0.05, 0) is 20.8 Å². The second kappa shape index (κ2) is 4.78. The number of aromatic nitrogens is 1. The Balaban J connectivity index is 2.62. The SMILES string of the molecule is Cc1noc(C)c1CC(=O)N[C@H](C)C(=O)O. The standard InChI is InChI=1S/C10H14N2O4/c1-5-8(7(3)16-12-5)4-9(13)11-6(2)10(14)15/h6H,4H2,1-3H3,(H,11,13)(H,14,15)/t6-/m1/s1. The Labute approximate surface area is 92.6 Å². The van der Waals surface area contributed by atoms with E-state index >= 15 is 0 Å². The Hall–Kier alpha value is -1.85. The van der Waals surface area contributed by atoms with Gasteiger partial charge in [-0.2, -0.15) is 0 Å². The zero-order valence-corrected chi connectivity index (χ0v) is 9.40. The first-order valence-electron chi connectivity index (χ1n) is 4.85. The summed E-state index contributed by atoms with van der Waals surface area (Å²) in [6, 6.07) is -0.895. The van der Waals surface area contributed by atoms with Crippen molar-refractivity contribution in [2.45, 2.75) is 33.2 Å². The molecular formula is C10H14N2O4. The van der Waals surface area contributed by atoms with Gasteiger partial charge >= 0.3 is 5.97 Å². The van der Waals surface area contributed by atoms with Crippen molar-refractivity contribution in [1.29, 1.82) is 0 Å². The third-order valence-electron chi connectivity index (χ3n) is 2.27. The van der Waals surface area contributed by atoms with Gasteiger partial charge in [-0.1, -0.05) is 5.16 Å². The molecule has 0 bridgehead atoms. The van der Waals surface area contributed by atoms with Gasteiger partial charge in [0, 0.05) is 5.56 Å². The van der Waals surface area contributed by atoms with Crippen molar-refractivity contribution in [3.63, 3.8) is 0 Å². The number of nitrogens with zero attached hydrogens (tertiary/aromatic N) is 1. The van der Waals surface area contributed by atoms with Gasteiger partial charge < -0.3 is 14.9 Å². The molecule has 0 aliphatic rings. The molecule has 1 amide bonds. The quantitative estimate of drug-likeness (QED) is 0.776. The van der Waals surface area contributed by atoms with Crippen LogP contribution in [-0.2, 0) is 16.0 Å². The molecule has 2 N–H and O–H groups in total. The second-order valence-corrected chi connectivity index (χ2v) is 3.61. The lowest BCUT2D eigenvalue weighted by atomic mass is 10.1. The van der Waals surface area contributed by atoms with Gasteiger partial charge in [0.1, 0.15) is 11.8 Å². The van der Waals surface area contributed by atoms with E-state index in [9.17, 15) is 9.59 Å². The highest BCUT2D eigenvalue weighted by Gasteiger charge is 2.17. The Kier molecular flexibility index (Phi) is 3.65. The summed E-state index contributed by atoms with van der Waals surface area (Å²) in [7, 11) is 0. The zero-order valence-electron chi connectivity index (χ0n) is 9.40. The predicted octanol–water partition coefficient (Wildman–Crippen LogP) is 0.423. The van der Waals surface area contributed by atoms with E-state index in [4.69, 9.17) is 9.63 Å². The van der Waals surface area contributed by atoms with Crippen LogP contribution in [0, 0.1) is 13.8 Å². The lowest BCUT2D eigenvalue weighted by Crippen LogP contribution is -2.39. The van der Waals surface area contributed by atoms with Crippen molar-refractivity contribution in [2.75, 3.05) is 0 Å².